The lowest BCUT2D eigenvalue weighted by atomic mass is 10.0. The van der Waals surface area contributed by atoms with Gasteiger partial charge in [0.25, 0.3) is 0 Å². The summed E-state index contributed by atoms with van der Waals surface area (Å²) in [5.41, 5.74) is 2.33. The molecule has 1 aliphatic rings. The van der Waals surface area contributed by atoms with Crippen LogP contribution in [-0.4, -0.2) is 63.7 Å². The molecule has 1 aliphatic heterocycles. The Hall–Kier alpha value is -2.39. The van der Waals surface area contributed by atoms with Gasteiger partial charge in [-0.25, -0.2) is 9.97 Å². The molecule has 1 atom stereocenters. The molecule has 0 radical (unpaired) electrons. The SMILES string of the molecule is CN(C)CC=CC(=S)N1CCc2c(sc3ncnc(N[C@H](CO)c4ccccc4)c23)C1. The molecule has 3 aromatic rings. The number of thiophene rings is 1. The largest absolute Gasteiger partial charge is 0.394 e. The molecule has 0 saturated carbocycles. The molecular formula is C23H27N5OS2. The summed E-state index contributed by atoms with van der Waals surface area (Å²) in [4.78, 5) is 16.6. The zero-order valence-electron chi connectivity index (χ0n) is 17.8. The number of anilines is 1. The van der Waals surface area contributed by atoms with E-state index >= 15 is 0 Å². The number of hydrogen-bond acceptors (Lipinski definition) is 7. The second kappa shape index (κ2) is 9.82. The Bertz CT molecular complexity index is 1080. The Kier molecular flexibility index (Phi) is 6.92. The Morgan fingerprint density at radius 1 is 1.32 bits per heavy atom. The van der Waals surface area contributed by atoms with E-state index < -0.39 is 0 Å². The molecule has 162 valence electrons. The second-order valence-corrected chi connectivity index (χ2v) is 9.37. The smallest absolute Gasteiger partial charge is 0.139 e. The Labute approximate surface area is 192 Å². The number of nitrogens with one attached hydrogen (secondary N) is 1. The summed E-state index contributed by atoms with van der Waals surface area (Å²) in [6.07, 6.45) is 6.63. The van der Waals surface area contributed by atoms with Crippen LogP contribution in [0, 0.1) is 0 Å². The molecule has 0 bridgehead atoms. The lowest BCUT2D eigenvalue weighted by Gasteiger charge is -2.28. The maximum atomic E-state index is 9.97. The van der Waals surface area contributed by atoms with Crippen molar-refractivity contribution in [1.29, 1.82) is 0 Å². The highest BCUT2D eigenvalue weighted by molar-refractivity contribution is 7.80. The zero-order valence-corrected chi connectivity index (χ0v) is 19.4. The standard InChI is InChI=1S/C23H27N5OS2/c1-27(2)11-6-9-20(30)28-12-10-17-19(13-28)31-23-21(17)22(24-15-25-23)26-18(14-29)16-7-4-3-5-8-16/h3-9,15,18,29H,10-14H2,1-2H3,(H,24,25,26)/t18-/m1/s1. The third-order valence-electron chi connectivity index (χ3n) is 5.38. The number of aromatic nitrogens is 2. The van der Waals surface area contributed by atoms with Crippen LogP contribution in [0.15, 0.2) is 48.8 Å². The summed E-state index contributed by atoms with van der Waals surface area (Å²) in [6.45, 7) is 2.53. The van der Waals surface area contributed by atoms with E-state index in [1.807, 2.05) is 50.5 Å². The van der Waals surface area contributed by atoms with Gasteiger partial charge < -0.3 is 20.2 Å². The van der Waals surface area contributed by atoms with Crippen LogP contribution >= 0.6 is 23.6 Å². The van der Waals surface area contributed by atoms with E-state index in [2.05, 4.69) is 31.2 Å². The predicted molar refractivity (Wildman–Crippen MR) is 132 cm³/mol. The van der Waals surface area contributed by atoms with Gasteiger partial charge >= 0.3 is 0 Å². The Balaban J connectivity index is 1.58. The first-order chi connectivity index (χ1) is 15.1. The minimum absolute atomic E-state index is 0.0107. The number of benzene rings is 1. The summed E-state index contributed by atoms with van der Waals surface area (Å²) in [7, 11) is 4.09. The highest BCUT2D eigenvalue weighted by atomic mass is 32.1. The van der Waals surface area contributed by atoms with Crippen molar-refractivity contribution in [3.63, 3.8) is 0 Å². The van der Waals surface area contributed by atoms with E-state index in [0.717, 1.165) is 52.6 Å². The number of fused-ring (bicyclic) bond motifs is 3. The summed E-state index contributed by atoms with van der Waals surface area (Å²) >= 11 is 7.35. The van der Waals surface area contributed by atoms with Crippen molar-refractivity contribution < 1.29 is 5.11 Å². The molecule has 0 saturated heterocycles. The van der Waals surface area contributed by atoms with E-state index in [1.54, 1.807) is 17.7 Å². The van der Waals surface area contributed by atoms with Crippen molar-refractivity contribution >= 4 is 44.6 Å². The third kappa shape index (κ3) is 4.93. The Morgan fingerprint density at radius 3 is 2.87 bits per heavy atom. The number of thiocarbonyl (C=S) groups is 1. The molecule has 2 aromatic heterocycles. The van der Waals surface area contributed by atoms with Gasteiger partial charge in [0.2, 0.25) is 0 Å². The molecule has 0 unspecified atom stereocenters. The van der Waals surface area contributed by atoms with Gasteiger partial charge in [-0.15, -0.1) is 11.3 Å². The maximum absolute atomic E-state index is 9.97. The van der Waals surface area contributed by atoms with Crippen molar-refractivity contribution in [1.82, 2.24) is 19.8 Å². The molecular weight excluding hydrogens is 426 g/mol. The lowest BCUT2D eigenvalue weighted by molar-refractivity contribution is 0.276. The van der Waals surface area contributed by atoms with Crippen LogP contribution < -0.4 is 5.32 Å². The van der Waals surface area contributed by atoms with Crippen molar-refractivity contribution in [2.75, 3.05) is 39.1 Å². The molecule has 0 aliphatic carbocycles. The van der Waals surface area contributed by atoms with Crippen molar-refractivity contribution in [3.8, 4) is 0 Å². The van der Waals surface area contributed by atoms with Crippen LogP contribution in [-0.2, 0) is 13.0 Å². The van der Waals surface area contributed by atoms with E-state index in [9.17, 15) is 5.11 Å². The molecule has 0 amide bonds. The van der Waals surface area contributed by atoms with Gasteiger partial charge in [0.05, 0.1) is 24.6 Å². The van der Waals surface area contributed by atoms with Gasteiger partial charge in [-0.3, -0.25) is 0 Å². The van der Waals surface area contributed by atoms with E-state index in [-0.39, 0.29) is 12.6 Å². The number of hydrogen-bond donors (Lipinski definition) is 2. The van der Waals surface area contributed by atoms with Crippen LogP contribution in [0.1, 0.15) is 22.0 Å². The highest BCUT2D eigenvalue weighted by Gasteiger charge is 2.25. The number of aliphatic hydroxyl groups is 1. The summed E-state index contributed by atoms with van der Waals surface area (Å²) in [5, 5.41) is 14.5. The lowest BCUT2D eigenvalue weighted by Crippen LogP contribution is -2.33. The van der Waals surface area contributed by atoms with E-state index in [4.69, 9.17) is 12.2 Å². The highest BCUT2D eigenvalue weighted by Crippen LogP contribution is 2.38. The van der Waals surface area contributed by atoms with Crippen LogP contribution in [0.4, 0.5) is 5.82 Å². The third-order valence-corrected chi connectivity index (χ3v) is 6.89. The molecule has 4 rings (SSSR count). The molecule has 8 heteroatoms. The molecule has 31 heavy (non-hydrogen) atoms. The van der Waals surface area contributed by atoms with Crippen LogP contribution in [0.5, 0.6) is 0 Å². The van der Waals surface area contributed by atoms with Gasteiger partial charge in [-0.1, -0.05) is 48.6 Å². The van der Waals surface area contributed by atoms with Gasteiger partial charge in [-0.2, -0.15) is 0 Å². The van der Waals surface area contributed by atoms with Gasteiger partial charge in [0.1, 0.15) is 22.0 Å². The fourth-order valence-electron chi connectivity index (χ4n) is 3.78. The van der Waals surface area contributed by atoms with Gasteiger partial charge in [0, 0.05) is 18.0 Å². The average Bonchev–Trinajstić information content (AvgIpc) is 3.16. The first-order valence-electron chi connectivity index (χ1n) is 10.3. The van der Waals surface area contributed by atoms with E-state index in [0.29, 0.717) is 0 Å². The Morgan fingerprint density at radius 2 is 2.13 bits per heavy atom. The fourth-order valence-corrected chi connectivity index (χ4v) is 5.23. The van der Waals surface area contributed by atoms with E-state index in [1.165, 1.54) is 10.4 Å². The van der Waals surface area contributed by atoms with Crippen LogP contribution in [0.3, 0.4) is 0 Å². The second-order valence-electron chi connectivity index (χ2n) is 7.87. The minimum Gasteiger partial charge on any atom is -0.394 e. The number of likely N-dealkylation sites (N-methyl/N-ethyl adjacent to an activating group) is 1. The minimum atomic E-state index is -0.218. The molecule has 3 heterocycles. The zero-order chi connectivity index (χ0) is 21.8. The fraction of sp³-hybridized carbons (Fsp3) is 0.348. The molecule has 0 spiro atoms. The molecule has 2 N–H and O–H groups in total. The summed E-state index contributed by atoms with van der Waals surface area (Å²) in [5.74, 6) is 0.785. The predicted octanol–water partition coefficient (Wildman–Crippen LogP) is 3.64. The van der Waals surface area contributed by atoms with Gasteiger partial charge in [0.15, 0.2) is 0 Å². The molecule has 0 fully saturated rings. The van der Waals surface area contributed by atoms with Crippen molar-refractivity contribution in [2.45, 2.75) is 19.0 Å². The van der Waals surface area contributed by atoms with Gasteiger partial charge in [-0.05, 0) is 37.7 Å². The average molecular weight is 454 g/mol. The molecule has 6 nitrogen and oxygen atoms in total. The van der Waals surface area contributed by atoms with Crippen LogP contribution in [0.25, 0.3) is 10.2 Å². The monoisotopic (exact) mass is 453 g/mol. The normalized spacial score (nSPS) is 14.9. The first kappa shape index (κ1) is 21.8. The molecule has 1 aromatic carbocycles. The number of aliphatic hydroxyl groups excluding tert-OH is 1. The number of nitrogens with zero attached hydrogens (tertiary/aromatic N) is 4. The maximum Gasteiger partial charge on any atom is 0.139 e. The summed E-state index contributed by atoms with van der Waals surface area (Å²) in [6, 6.07) is 9.74. The van der Waals surface area contributed by atoms with Crippen molar-refractivity contribution in [3.05, 3.63) is 64.8 Å². The summed E-state index contributed by atoms with van der Waals surface area (Å²) < 4.78 is 0. The topological polar surface area (TPSA) is 64.5 Å². The first-order valence-corrected chi connectivity index (χ1v) is 11.6. The van der Waals surface area contributed by atoms with Crippen LogP contribution in [0.2, 0.25) is 0 Å². The van der Waals surface area contributed by atoms with Crippen molar-refractivity contribution in [2.24, 2.45) is 0 Å². The number of rotatable bonds is 7. The quantitative estimate of drug-likeness (QED) is 0.418.